The number of ether oxygens (including phenoxy) is 2. The number of alkyl halides is 2. The molecule has 3 atom stereocenters. The molecule has 3 aliphatic heterocycles. The Labute approximate surface area is 289 Å². The van der Waals surface area contributed by atoms with Crippen LogP contribution in [0.5, 0.6) is 11.8 Å². The lowest BCUT2D eigenvalue weighted by Gasteiger charge is -2.37. The molecule has 1 saturated carbocycles. The molecular formula is C36H37F5N6O4. The molecule has 4 fully saturated rings. The Hall–Kier alpha value is -4.34. The van der Waals surface area contributed by atoms with Crippen molar-refractivity contribution in [2.75, 3.05) is 36.9 Å². The van der Waals surface area contributed by atoms with E-state index in [1.165, 1.54) is 29.3 Å². The van der Waals surface area contributed by atoms with Gasteiger partial charge in [-0.15, -0.1) is 4.39 Å². The highest BCUT2D eigenvalue weighted by Gasteiger charge is 2.67. The van der Waals surface area contributed by atoms with Gasteiger partial charge in [0.1, 0.15) is 23.6 Å². The predicted octanol–water partition coefficient (Wildman–Crippen LogP) is 6.43. The summed E-state index contributed by atoms with van der Waals surface area (Å²) < 4.78 is 86.7. The minimum atomic E-state index is -4.27. The van der Waals surface area contributed by atoms with Crippen LogP contribution in [0.15, 0.2) is 42.4 Å². The monoisotopic (exact) mass is 712 g/mol. The van der Waals surface area contributed by atoms with Crippen LogP contribution in [-0.2, 0) is 0 Å². The number of fused-ring (bicyclic) bond motifs is 4. The number of nitrogens with two attached hydrogens (primary N) is 1. The van der Waals surface area contributed by atoms with Gasteiger partial charge >= 0.3 is 12.2 Å². The van der Waals surface area contributed by atoms with Crippen molar-refractivity contribution >= 4 is 33.2 Å². The Balaban J connectivity index is 1.29. The number of nitrogen functional groups attached to an aromatic ring is 1. The van der Waals surface area contributed by atoms with Gasteiger partial charge in [0.05, 0.1) is 17.3 Å². The van der Waals surface area contributed by atoms with Crippen molar-refractivity contribution in [3.63, 3.8) is 0 Å². The van der Waals surface area contributed by atoms with Crippen LogP contribution in [0.3, 0.4) is 0 Å². The van der Waals surface area contributed by atoms with Gasteiger partial charge in [-0.2, -0.15) is 9.97 Å². The molecule has 1 aliphatic carbocycles. The first-order valence-corrected chi connectivity index (χ1v) is 17.1. The van der Waals surface area contributed by atoms with E-state index < -0.39 is 41.1 Å². The smallest absolute Gasteiger partial charge is 0.461 e. The highest BCUT2D eigenvalue weighted by Crippen LogP contribution is 2.66. The van der Waals surface area contributed by atoms with E-state index in [0.29, 0.717) is 44.3 Å². The van der Waals surface area contributed by atoms with E-state index in [2.05, 4.69) is 24.6 Å². The van der Waals surface area contributed by atoms with Crippen LogP contribution in [0.25, 0.3) is 32.9 Å². The number of rotatable bonds is 7. The molecule has 1 spiro atoms. The van der Waals surface area contributed by atoms with Crippen molar-refractivity contribution in [1.82, 2.24) is 19.9 Å². The van der Waals surface area contributed by atoms with Crippen molar-refractivity contribution in [2.45, 2.75) is 69.9 Å². The van der Waals surface area contributed by atoms with Gasteiger partial charge in [-0.3, -0.25) is 9.88 Å². The van der Waals surface area contributed by atoms with E-state index in [1.54, 1.807) is 6.92 Å². The number of aliphatic hydroxyl groups is 2. The van der Waals surface area contributed by atoms with Crippen molar-refractivity contribution in [1.29, 1.82) is 0 Å². The number of pyridine rings is 1. The lowest BCUT2D eigenvalue weighted by molar-refractivity contribution is -0.375. The van der Waals surface area contributed by atoms with Crippen molar-refractivity contribution in [3.8, 4) is 23.0 Å². The molecule has 0 radical (unpaired) electrons. The number of aromatic nitrogens is 3. The molecule has 270 valence electrons. The highest BCUT2D eigenvalue weighted by molar-refractivity contribution is 6.04. The van der Waals surface area contributed by atoms with E-state index >= 15 is 13.2 Å². The van der Waals surface area contributed by atoms with Crippen LogP contribution in [0.2, 0.25) is 0 Å². The standard InChI is InChI=1S/C36H37F5N6O4/c1-19-4-2-3-10-47(31(19)40)32-24-16-43-28(23-13-22(42)12-21-5-6-25(38)30(26(21)23)51-36(41,48)49)27(39)29(24)44-33(45-32)50-18-35-14-20(15-37)17-46(35)11-9-34(35)7-8-34/h5-6,12-13,15-16,19,31,48-49H,2-4,7-11,14,17-18,42H2,1H3/b20-15-/t19?,31-,35+/m1/s1. The fraction of sp³-hybridized carbons (Fsp3) is 0.472. The minimum Gasteiger partial charge on any atom is -0.461 e. The maximum absolute atomic E-state index is 17.0. The zero-order valence-electron chi connectivity index (χ0n) is 27.8. The van der Waals surface area contributed by atoms with Crippen LogP contribution in [0.4, 0.5) is 33.5 Å². The summed E-state index contributed by atoms with van der Waals surface area (Å²) >= 11 is 0. The fourth-order valence-corrected chi connectivity index (χ4v) is 8.64. The van der Waals surface area contributed by atoms with E-state index in [4.69, 9.17) is 10.5 Å². The van der Waals surface area contributed by atoms with Gasteiger partial charge in [-0.25, -0.2) is 17.6 Å². The summed E-state index contributed by atoms with van der Waals surface area (Å²) in [6.07, 6.45) is 1.70. The average molecular weight is 713 g/mol. The first-order chi connectivity index (χ1) is 24.3. The number of hydrogen-bond donors (Lipinski definition) is 3. The maximum atomic E-state index is 17.0. The normalized spacial score (nSPS) is 25.6. The first kappa shape index (κ1) is 33.8. The minimum absolute atomic E-state index is 0.0340. The lowest BCUT2D eigenvalue weighted by atomic mass is 9.80. The van der Waals surface area contributed by atoms with Crippen LogP contribution >= 0.6 is 0 Å². The van der Waals surface area contributed by atoms with E-state index in [9.17, 15) is 19.0 Å². The van der Waals surface area contributed by atoms with Crippen molar-refractivity contribution in [2.24, 2.45) is 11.3 Å². The maximum Gasteiger partial charge on any atom is 0.492 e. The topological polar surface area (TPSA) is 130 Å². The Morgan fingerprint density at radius 2 is 1.92 bits per heavy atom. The summed E-state index contributed by atoms with van der Waals surface area (Å²) in [5.41, 5.74) is 5.55. The quantitative estimate of drug-likeness (QED) is 0.0853. The van der Waals surface area contributed by atoms with Gasteiger partial charge < -0.3 is 30.3 Å². The second-order valence-electron chi connectivity index (χ2n) is 14.4. The molecule has 2 aromatic carbocycles. The van der Waals surface area contributed by atoms with Crippen LogP contribution < -0.4 is 20.1 Å². The Kier molecular flexibility index (Phi) is 8.03. The van der Waals surface area contributed by atoms with E-state index in [0.717, 1.165) is 38.3 Å². The molecule has 5 heterocycles. The van der Waals surface area contributed by atoms with Gasteiger partial charge in [0.2, 0.25) is 0 Å². The average Bonchev–Trinajstić information content (AvgIpc) is 3.76. The number of halogens is 5. The highest BCUT2D eigenvalue weighted by atomic mass is 19.2. The molecule has 3 saturated heterocycles. The number of nitrogens with zero attached hydrogens (tertiary/aromatic N) is 5. The third-order valence-corrected chi connectivity index (χ3v) is 11.3. The summed E-state index contributed by atoms with van der Waals surface area (Å²) in [4.78, 5) is 17.2. The van der Waals surface area contributed by atoms with Crippen LogP contribution in [-0.4, -0.2) is 74.4 Å². The van der Waals surface area contributed by atoms with Gasteiger partial charge in [0.15, 0.2) is 23.7 Å². The molecule has 4 N–H and O–H groups in total. The second-order valence-corrected chi connectivity index (χ2v) is 14.4. The Morgan fingerprint density at radius 1 is 1.12 bits per heavy atom. The van der Waals surface area contributed by atoms with E-state index in [-0.39, 0.29) is 62.7 Å². The Morgan fingerprint density at radius 3 is 2.67 bits per heavy atom. The molecule has 4 aliphatic rings. The molecular weight excluding hydrogens is 675 g/mol. The number of benzene rings is 2. The van der Waals surface area contributed by atoms with Gasteiger partial charge in [0.25, 0.3) is 0 Å². The third-order valence-electron chi connectivity index (χ3n) is 11.3. The number of anilines is 2. The summed E-state index contributed by atoms with van der Waals surface area (Å²) in [7, 11) is 0. The van der Waals surface area contributed by atoms with Crippen molar-refractivity contribution < 1.29 is 41.6 Å². The van der Waals surface area contributed by atoms with Crippen LogP contribution in [0, 0.1) is 23.0 Å². The largest absolute Gasteiger partial charge is 0.492 e. The lowest BCUT2D eigenvalue weighted by Crippen LogP contribution is -2.49. The molecule has 15 heteroatoms. The first-order valence-electron chi connectivity index (χ1n) is 17.1. The van der Waals surface area contributed by atoms with Crippen LogP contribution in [0.1, 0.15) is 51.9 Å². The zero-order valence-corrected chi connectivity index (χ0v) is 27.8. The molecule has 10 nitrogen and oxygen atoms in total. The second kappa shape index (κ2) is 12.1. The SMILES string of the molecule is CC1CCCCN(c2nc(OC[C@]34C/C(=C/F)CN3CCC43CC3)nc3c(F)c(-c4cc(N)cc5ccc(F)c(OC(O)(O)F)c45)ncc23)[C@H]1F. The van der Waals surface area contributed by atoms with E-state index in [1.807, 2.05) is 0 Å². The zero-order chi connectivity index (χ0) is 35.9. The van der Waals surface area contributed by atoms with Crippen molar-refractivity contribution in [3.05, 3.63) is 54.0 Å². The molecule has 0 bridgehead atoms. The van der Waals surface area contributed by atoms with Gasteiger partial charge in [-0.1, -0.05) is 19.4 Å². The van der Waals surface area contributed by atoms with Gasteiger partial charge in [0, 0.05) is 41.8 Å². The molecule has 1 unspecified atom stereocenters. The van der Waals surface area contributed by atoms with Gasteiger partial charge in [-0.05, 0) is 79.6 Å². The molecule has 2 aromatic heterocycles. The molecule has 0 amide bonds. The molecule has 51 heavy (non-hydrogen) atoms. The summed E-state index contributed by atoms with van der Waals surface area (Å²) in [5.74, 6) is -3.38. The summed E-state index contributed by atoms with van der Waals surface area (Å²) in [6, 6.07) is 4.63. The Bertz CT molecular complexity index is 2070. The third kappa shape index (κ3) is 5.60. The summed E-state index contributed by atoms with van der Waals surface area (Å²) in [5, 5.41) is 18.7. The fourth-order valence-electron chi connectivity index (χ4n) is 8.64. The molecule has 4 aromatic rings. The summed E-state index contributed by atoms with van der Waals surface area (Å²) in [6.45, 7) is 3.48. The predicted molar refractivity (Wildman–Crippen MR) is 179 cm³/mol. The number of hydrogen-bond acceptors (Lipinski definition) is 10. The molecule has 8 rings (SSSR count).